The fourth-order valence-corrected chi connectivity index (χ4v) is 4.00. The Morgan fingerprint density at radius 2 is 1.96 bits per heavy atom. The lowest BCUT2D eigenvalue weighted by Gasteiger charge is -2.42. The second-order valence-corrected chi connectivity index (χ2v) is 6.25. The van der Waals surface area contributed by atoms with Crippen LogP contribution in [0.15, 0.2) is 36.4 Å². The van der Waals surface area contributed by atoms with Gasteiger partial charge in [-0.05, 0) is 30.2 Å². The molecule has 128 valence electrons. The number of nitrogens with zero attached hydrogens (tertiary/aromatic N) is 1. The lowest BCUT2D eigenvalue weighted by Crippen LogP contribution is -2.58. The predicted molar refractivity (Wildman–Crippen MR) is 87.6 cm³/mol. The quantitative estimate of drug-likeness (QED) is 0.671. The number of amides is 1. The Bertz CT molecular complexity index is 683. The van der Waals surface area contributed by atoms with Gasteiger partial charge in [-0.25, -0.2) is 4.79 Å². The highest BCUT2D eigenvalue weighted by Gasteiger charge is 2.65. The van der Waals surface area contributed by atoms with E-state index in [0.29, 0.717) is 17.9 Å². The van der Waals surface area contributed by atoms with Crippen molar-refractivity contribution in [3.05, 3.63) is 36.4 Å². The molecule has 1 saturated heterocycles. The number of hydrogen-bond donors (Lipinski definition) is 1. The first kappa shape index (κ1) is 16.5. The molecule has 0 radical (unpaired) electrons. The normalized spacial score (nSPS) is 31.8. The summed E-state index contributed by atoms with van der Waals surface area (Å²) < 4.78 is 10.2. The summed E-state index contributed by atoms with van der Waals surface area (Å²) >= 11 is 0. The van der Waals surface area contributed by atoms with Gasteiger partial charge in [0.1, 0.15) is 11.9 Å². The molecule has 1 aromatic rings. The number of esters is 1. The number of ether oxygens (including phenoxy) is 2. The summed E-state index contributed by atoms with van der Waals surface area (Å²) in [5.74, 6) is -1.02. The summed E-state index contributed by atoms with van der Waals surface area (Å²) in [7, 11) is 2.86. The molecule has 1 aromatic carbocycles. The molecule has 1 heterocycles. The lowest BCUT2D eigenvalue weighted by atomic mass is 9.70. The van der Waals surface area contributed by atoms with E-state index in [4.69, 9.17) is 9.47 Å². The van der Waals surface area contributed by atoms with Crippen molar-refractivity contribution in [1.82, 2.24) is 0 Å². The number of fused-ring (bicyclic) bond motifs is 1. The van der Waals surface area contributed by atoms with Gasteiger partial charge in [0.2, 0.25) is 0 Å². The van der Waals surface area contributed by atoms with Gasteiger partial charge in [0.15, 0.2) is 5.54 Å². The second-order valence-electron chi connectivity index (χ2n) is 6.25. The van der Waals surface area contributed by atoms with E-state index in [9.17, 15) is 14.7 Å². The van der Waals surface area contributed by atoms with Crippen molar-refractivity contribution in [1.29, 1.82) is 0 Å². The highest BCUT2D eigenvalue weighted by atomic mass is 16.5. The fraction of sp³-hybridized carbons (Fsp3) is 0.444. The molecule has 6 nitrogen and oxygen atoms in total. The molecule has 3 rings (SSSR count). The van der Waals surface area contributed by atoms with Crippen LogP contribution in [0.25, 0.3) is 0 Å². The van der Waals surface area contributed by atoms with Gasteiger partial charge >= 0.3 is 5.97 Å². The van der Waals surface area contributed by atoms with Gasteiger partial charge in [0, 0.05) is 18.0 Å². The zero-order valence-corrected chi connectivity index (χ0v) is 13.9. The van der Waals surface area contributed by atoms with Gasteiger partial charge in [-0.15, -0.1) is 0 Å². The average molecular weight is 331 g/mol. The highest BCUT2D eigenvalue weighted by Crippen LogP contribution is 2.49. The molecule has 1 fully saturated rings. The average Bonchev–Trinajstić information content (AvgIpc) is 2.84. The Hall–Kier alpha value is -2.34. The molecular formula is C18H21NO5. The smallest absolute Gasteiger partial charge is 0.332 e. The summed E-state index contributed by atoms with van der Waals surface area (Å²) in [5, 5.41) is 10.5. The molecule has 0 aromatic heterocycles. The Labute approximate surface area is 140 Å². The molecular weight excluding hydrogens is 310 g/mol. The largest absolute Gasteiger partial charge is 0.497 e. The number of aliphatic hydroxyl groups is 1. The lowest BCUT2D eigenvalue weighted by molar-refractivity contribution is -0.150. The van der Waals surface area contributed by atoms with Gasteiger partial charge in [-0.3, -0.25) is 9.69 Å². The number of methoxy groups -OCH3 is 2. The Morgan fingerprint density at radius 1 is 1.29 bits per heavy atom. The highest BCUT2D eigenvalue weighted by molar-refractivity contribution is 6.08. The summed E-state index contributed by atoms with van der Waals surface area (Å²) in [4.78, 5) is 26.9. The molecule has 4 atom stereocenters. The second kappa shape index (κ2) is 5.94. The third-order valence-corrected chi connectivity index (χ3v) is 5.07. The zero-order valence-electron chi connectivity index (χ0n) is 13.9. The van der Waals surface area contributed by atoms with Gasteiger partial charge in [0.25, 0.3) is 5.91 Å². The van der Waals surface area contributed by atoms with E-state index in [-0.39, 0.29) is 5.92 Å². The minimum Gasteiger partial charge on any atom is -0.497 e. The van der Waals surface area contributed by atoms with Crippen molar-refractivity contribution < 1.29 is 24.2 Å². The van der Waals surface area contributed by atoms with Crippen LogP contribution in [-0.2, 0) is 14.3 Å². The third kappa shape index (κ3) is 2.13. The van der Waals surface area contributed by atoms with Crippen LogP contribution in [0.3, 0.4) is 0 Å². The van der Waals surface area contributed by atoms with E-state index in [1.54, 1.807) is 31.4 Å². The standard InChI is InChI=1S/C18H21NO5/c1-11-5-4-10-18(17(22)24-3)14(11)15(20)16(21)19(18)12-6-8-13(23-2)9-7-12/h4-9,11,14-15,20H,10H2,1-3H3/t11-,14-,15+,18-/m1/s1. The molecule has 1 N–H and O–H groups in total. The third-order valence-electron chi connectivity index (χ3n) is 5.07. The van der Waals surface area contributed by atoms with Crippen LogP contribution in [0, 0.1) is 11.8 Å². The van der Waals surface area contributed by atoms with Gasteiger partial charge < -0.3 is 14.6 Å². The monoisotopic (exact) mass is 331 g/mol. The summed E-state index contributed by atoms with van der Waals surface area (Å²) in [6, 6.07) is 6.85. The summed E-state index contributed by atoms with van der Waals surface area (Å²) in [6.45, 7) is 1.89. The molecule has 1 aliphatic heterocycles. The number of rotatable bonds is 3. The molecule has 0 bridgehead atoms. The number of carbonyl (C=O) groups excluding carboxylic acids is 2. The molecule has 0 spiro atoms. The van der Waals surface area contributed by atoms with Crippen molar-refractivity contribution in [2.45, 2.75) is 25.0 Å². The molecule has 2 aliphatic rings. The predicted octanol–water partition coefficient (Wildman–Crippen LogP) is 1.53. The number of anilines is 1. The Balaban J connectivity index is 2.16. The molecule has 6 heteroatoms. The molecule has 1 aliphatic carbocycles. The summed E-state index contributed by atoms with van der Waals surface area (Å²) in [5.41, 5.74) is -0.691. The summed E-state index contributed by atoms with van der Waals surface area (Å²) in [6.07, 6.45) is 2.87. The molecule has 24 heavy (non-hydrogen) atoms. The van der Waals surface area contributed by atoms with E-state index >= 15 is 0 Å². The van der Waals surface area contributed by atoms with E-state index in [1.165, 1.54) is 12.0 Å². The van der Waals surface area contributed by atoms with E-state index < -0.39 is 29.4 Å². The fourth-order valence-electron chi connectivity index (χ4n) is 4.00. The maximum absolute atomic E-state index is 12.8. The van der Waals surface area contributed by atoms with Crippen molar-refractivity contribution in [3.63, 3.8) is 0 Å². The van der Waals surface area contributed by atoms with Crippen LogP contribution in [0.1, 0.15) is 13.3 Å². The number of benzene rings is 1. The topological polar surface area (TPSA) is 76.1 Å². The van der Waals surface area contributed by atoms with Crippen LogP contribution in [0.5, 0.6) is 5.75 Å². The van der Waals surface area contributed by atoms with Crippen molar-refractivity contribution in [2.75, 3.05) is 19.1 Å². The van der Waals surface area contributed by atoms with Gasteiger partial charge in [-0.1, -0.05) is 19.1 Å². The first-order valence-electron chi connectivity index (χ1n) is 7.88. The van der Waals surface area contributed by atoms with E-state index in [1.807, 2.05) is 19.1 Å². The Morgan fingerprint density at radius 3 is 2.54 bits per heavy atom. The minimum atomic E-state index is -1.24. The van der Waals surface area contributed by atoms with Crippen molar-refractivity contribution >= 4 is 17.6 Å². The maximum Gasteiger partial charge on any atom is 0.332 e. The first-order valence-corrected chi connectivity index (χ1v) is 7.88. The van der Waals surface area contributed by atoms with Crippen LogP contribution in [0.4, 0.5) is 5.69 Å². The maximum atomic E-state index is 12.8. The SMILES string of the molecule is COC(=O)[C@@]12CC=C[C@@H](C)[C@@H]1[C@H](O)C(=O)N2c1ccc(OC)cc1. The molecule has 1 amide bonds. The number of carbonyl (C=O) groups is 2. The zero-order chi connectivity index (χ0) is 17.5. The first-order chi connectivity index (χ1) is 11.5. The van der Waals surface area contributed by atoms with Crippen LogP contribution < -0.4 is 9.64 Å². The van der Waals surface area contributed by atoms with Crippen molar-refractivity contribution in [2.24, 2.45) is 11.8 Å². The minimum absolute atomic E-state index is 0.125. The van der Waals surface area contributed by atoms with Gasteiger partial charge in [0.05, 0.1) is 14.2 Å². The number of allylic oxidation sites excluding steroid dienone is 1. The van der Waals surface area contributed by atoms with Crippen molar-refractivity contribution in [3.8, 4) is 5.75 Å². The number of aliphatic hydroxyl groups excluding tert-OH is 1. The molecule has 0 unspecified atom stereocenters. The Kier molecular flexibility index (Phi) is 4.09. The number of hydrogen-bond acceptors (Lipinski definition) is 5. The van der Waals surface area contributed by atoms with Gasteiger partial charge in [-0.2, -0.15) is 0 Å². The van der Waals surface area contributed by atoms with Crippen LogP contribution >= 0.6 is 0 Å². The van der Waals surface area contributed by atoms with E-state index in [2.05, 4.69) is 0 Å². The van der Waals surface area contributed by atoms with Crippen LogP contribution in [0.2, 0.25) is 0 Å². The molecule has 0 saturated carbocycles. The van der Waals surface area contributed by atoms with E-state index in [0.717, 1.165) is 0 Å². The van der Waals surface area contributed by atoms with Crippen LogP contribution in [-0.4, -0.2) is 42.8 Å².